The lowest BCUT2D eigenvalue weighted by Gasteiger charge is -2.21. The molecule has 1 aromatic carbocycles. The number of halogens is 3. The molecule has 0 spiro atoms. The fraction of sp³-hybridized carbons (Fsp3) is 0.0909. The van der Waals surface area contributed by atoms with Crippen molar-refractivity contribution in [3.05, 3.63) is 84.0 Å². The fourth-order valence-electron chi connectivity index (χ4n) is 3.12. The molecule has 34 heavy (non-hydrogen) atoms. The molecule has 0 unspecified atom stereocenters. The molecule has 0 bridgehead atoms. The van der Waals surface area contributed by atoms with Crippen molar-refractivity contribution < 1.29 is 17.7 Å². The highest BCUT2D eigenvalue weighted by atomic mass is 32.1. The zero-order valence-electron chi connectivity index (χ0n) is 17.2. The van der Waals surface area contributed by atoms with Gasteiger partial charge in [-0.2, -0.15) is 18.2 Å². The third kappa shape index (κ3) is 4.62. The first-order valence-electron chi connectivity index (χ1n) is 9.90. The van der Waals surface area contributed by atoms with Gasteiger partial charge in [0.15, 0.2) is 11.6 Å². The number of rotatable bonds is 6. The molecule has 4 aromatic heterocycles. The second-order valence-corrected chi connectivity index (χ2v) is 8.15. The standard InChI is InChI=1S/C22H14F3N7OS/c23-22(24,25)21-28-20(31-33-21)17-8-6-15(34-17)13-32(19-12-26-10-11-27-19)18-9-7-16(29-30-18)14-4-2-1-3-5-14/h1-12H,13H2. The first-order chi connectivity index (χ1) is 16.5. The van der Waals surface area contributed by atoms with E-state index < -0.39 is 12.1 Å². The minimum atomic E-state index is -4.70. The van der Waals surface area contributed by atoms with Crippen molar-refractivity contribution in [2.45, 2.75) is 12.7 Å². The van der Waals surface area contributed by atoms with Gasteiger partial charge in [0, 0.05) is 22.8 Å². The number of anilines is 2. The van der Waals surface area contributed by atoms with E-state index in [2.05, 4.69) is 34.8 Å². The molecule has 0 aliphatic carbocycles. The van der Waals surface area contributed by atoms with E-state index in [1.165, 1.54) is 11.3 Å². The molecule has 8 nitrogen and oxygen atoms in total. The molecule has 0 aliphatic rings. The molecule has 0 saturated carbocycles. The zero-order chi connectivity index (χ0) is 23.5. The van der Waals surface area contributed by atoms with E-state index in [4.69, 9.17) is 0 Å². The molecule has 0 fully saturated rings. The van der Waals surface area contributed by atoms with Crippen LogP contribution in [0.4, 0.5) is 24.8 Å². The molecule has 4 heterocycles. The van der Waals surface area contributed by atoms with Gasteiger partial charge in [0.2, 0.25) is 5.82 Å². The number of thiophene rings is 1. The van der Waals surface area contributed by atoms with Crippen molar-refractivity contribution in [1.82, 2.24) is 30.3 Å². The van der Waals surface area contributed by atoms with E-state index in [9.17, 15) is 13.2 Å². The highest BCUT2D eigenvalue weighted by molar-refractivity contribution is 7.15. The summed E-state index contributed by atoms with van der Waals surface area (Å²) in [4.78, 5) is 15.0. The molecule has 0 N–H and O–H groups in total. The lowest BCUT2D eigenvalue weighted by molar-refractivity contribution is -0.159. The van der Waals surface area contributed by atoms with Crippen LogP contribution in [0.5, 0.6) is 0 Å². The normalized spacial score (nSPS) is 11.5. The number of alkyl halides is 3. The summed E-state index contributed by atoms with van der Waals surface area (Å²) in [6.45, 7) is 0.326. The molecule has 5 rings (SSSR count). The largest absolute Gasteiger partial charge is 0.471 e. The maximum atomic E-state index is 12.8. The van der Waals surface area contributed by atoms with E-state index in [0.29, 0.717) is 23.1 Å². The minimum Gasteiger partial charge on any atom is -0.329 e. The minimum absolute atomic E-state index is 0.123. The van der Waals surface area contributed by atoms with Gasteiger partial charge in [0.05, 0.1) is 23.3 Å². The van der Waals surface area contributed by atoms with Crippen molar-refractivity contribution in [3.63, 3.8) is 0 Å². The number of nitrogens with zero attached hydrogens (tertiary/aromatic N) is 7. The Morgan fingerprint density at radius 1 is 0.912 bits per heavy atom. The zero-order valence-corrected chi connectivity index (χ0v) is 18.0. The smallest absolute Gasteiger partial charge is 0.329 e. The van der Waals surface area contributed by atoms with Gasteiger partial charge in [-0.3, -0.25) is 4.98 Å². The summed E-state index contributed by atoms with van der Waals surface area (Å²) in [5.41, 5.74) is 1.66. The summed E-state index contributed by atoms with van der Waals surface area (Å²) in [5.74, 6) is -0.429. The van der Waals surface area contributed by atoms with Gasteiger partial charge >= 0.3 is 12.1 Å². The topological polar surface area (TPSA) is 93.7 Å². The summed E-state index contributed by atoms with van der Waals surface area (Å²) in [6.07, 6.45) is 0.0182. The Morgan fingerprint density at radius 3 is 2.44 bits per heavy atom. The molecule has 0 radical (unpaired) electrons. The van der Waals surface area contributed by atoms with Crippen LogP contribution in [0.15, 0.2) is 77.7 Å². The van der Waals surface area contributed by atoms with Crippen molar-refractivity contribution in [3.8, 4) is 22.0 Å². The summed E-state index contributed by atoms with van der Waals surface area (Å²) >= 11 is 1.24. The Labute approximate surface area is 194 Å². The van der Waals surface area contributed by atoms with Gasteiger partial charge in [0.25, 0.3) is 0 Å². The Morgan fingerprint density at radius 2 is 1.76 bits per heavy atom. The molecule has 0 amide bonds. The van der Waals surface area contributed by atoms with Crippen molar-refractivity contribution >= 4 is 23.0 Å². The Balaban J connectivity index is 1.42. The van der Waals surface area contributed by atoms with E-state index in [-0.39, 0.29) is 5.82 Å². The van der Waals surface area contributed by atoms with Crippen LogP contribution in [0.2, 0.25) is 0 Å². The molecule has 5 aromatic rings. The van der Waals surface area contributed by atoms with Crippen molar-refractivity contribution in [2.75, 3.05) is 4.90 Å². The Kier molecular flexibility index (Phi) is 5.72. The molecule has 0 atom stereocenters. The van der Waals surface area contributed by atoms with Crippen LogP contribution >= 0.6 is 11.3 Å². The van der Waals surface area contributed by atoms with Crippen LogP contribution in [-0.4, -0.2) is 30.3 Å². The van der Waals surface area contributed by atoms with Crippen LogP contribution in [0.25, 0.3) is 22.0 Å². The molecular weight excluding hydrogens is 467 g/mol. The maximum Gasteiger partial charge on any atom is 0.471 e. The highest BCUT2D eigenvalue weighted by Crippen LogP contribution is 2.33. The average Bonchev–Trinajstić information content (AvgIpc) is 3.54. The predicted octanol–water partition coefficient (Wildman–Crippen LogP) is 5.40. The van der Waals surface area contributed by atoms with Gasteiger partial charge in [-0.25, -0.2) is 4.98 Å². The second kappa shape index (κ2) is 8.98. The number of aromatic nitrogens is 6. The van der Waals surface area contributed by atoms with Crippen LogP contribution in [0.3, 0.4) is 0 Å². The van der Waals surface area contributed by atoms with E-state index in [1.54, 1.807) is 30.7 Å². The Hall–Kier alpha value is -4.19. The van der Waals surface area contributed by atoms with Crippen LogP contribution in [-0.2, 0) is 12.7 Å². The first-order valence-corrected chi connectivity index (χ1v) is 10.7. The first kappa shape index (κ1) is 21.6. The van der Waals surface area contributed by atoms with Gasteiger partial charge in [0.1, 0.15) is 0 Å². The molecule has 0 aliphatic heterocycles. The van der Waals surface area contributed by atoms with Gasteiger partial charge in [-0.15, -0.1) is 21.5 Å². The predicted molar refractivity (Wildman–Crippen MR) is 118 cm³/mol. The quantitative estimate of drug-likeness (QED) is 0.318. The SMILES string of the molecule is FC(F)(F)c1nc(-c2ccc(CN(c3cnccn3)c3ccc(-c4ccccc4)nn3)s2)no1. The maximum absolute atomic E-state index is 12.8. The lowest BCUT2D eigenvalue weighted by Crippen LogP contribution is -2.19. The molecule has 0 saturated heterocycles. The molecular formula is C22H14F3N7OS. The summed E-state index contributed by atoms with van der Waals surface area (Å²) in [6, 6.07) is 16.8. The molecule has 12 heteroatoms. The fourth-order valence-corrected chi connectivity index (χ4v) is 4.04. The highest BCUT2D eigenvalue weighted by Gasteiger charge is 2.38. The third-order valence-electron chi connectivity index (χ3n) is 4.69. The van der Waals surface area contributed by atoms with E-state index in [0.717, 1.165) is 16.1 Å². The summed E-state index contributed by atoms with van der Waals surface area (Å²) in [7, 11) is 0. The van der Waals surface area contributed by atoms with Gasteiger partial charge < -0.3 is 9.42 Å². The summed E-state index contributed by atoms with van der Waals surface area (Å²) in [5, 5.41) is 12.2. The Bertz CT molecular complexity index is 1370. The van der Waals surface area contributed by atoms with Crippen molar-refractivity contribution in [2.24, 2.45) is 0 Å². The summed E-state index contributed by atoms with van der Waals surface area (Å²) < 4.78 is 42.7. The average molecular weight is 481 g/mol. The number of hydrogen-bond donors (Lipinski definition) is 0. The van der Waals surface area contributed by atoms with Crippen molar-refractivity contribution in [1.29, 1.82) is 0 Å². The van der Waals surface area contributed by atoms with Gasteiger partial charge in [-0.05, 0) is 24.3 Å². The van der Waals surface area contributed by atoms with Gasteiger partial charge in [-0.1, -0.05) is 35.5 Å². The van der Waals surface area contributed by atoms with E-state index in [1.807, 2.05) is 47.4 Å². The second-order valence-electron chi connectivity index (χ2n) is 6.98. The van der Waals surface area contributed by atoms with E-state index >= 15 is 0 Å². The third-order valence-corrected chi connectivity index (χ3v) is 5.75. The van der Waals surface area contributed by atoms with Crippen LogP contribution < -0.4 is 4.90 Å². The monoisotopic (exact) mass is 481 g/mol. The van der Waals surface area contributed by atoms with Crippen LogP contribution in [0, 0.1) is 0 Å². The lowest BCUT2D eigenvalue weighted by atomic mass is 10.1. The number of hydrogen-bond acceptors (Lipinski definition) is 9. The molecule has 170 valence electrons. The number of benzene rings is 1. The van der Waals surface area contributed by atoms with Crippen LogP contribution in [0.1, 0.15) is 10.8 Å².